The van der Waals surface area contributed by atoms with Crippen LogP contribution in [0.2, 0.25) is 0 Å². The van der Waals surface area contributed by atoms with Gasteiger partial charge in [-0.2, -0.15) is 0 Å². The van der Waals surface area contributed by atoms with Crippen molar-refractivity contribution in [2.24, 2.45) is 5.73 Å². The topological polar surface area (TPSA) is 84.9 Å². The Morgan fingerprint density at radius 3 is 2.70 bits per heavy atom. The van der Waals surface area contributed by atoms with Crippen LogP contribution in [0.5, 0.6) is 0 Å². The molecule has 1 aromatic rings. The molecule has 0 aliphatic heterocycles. The van der Waals surface area contributed by atoms with Crippen molar-refractivity contribution in [1.29, 1.82) is 0 Å². The van der Waals surface area contributed by atoms with E-state index in [1.807, 2.05) is 0 Å². The second-order valence-electron chi connectivity index (χ2n) is 2.01. The highest BCUT2D eigenvalue weighted by Crippen LogP contribution is 1.96. The van der Waals surface area contributed by atoms with Crippen LogP contribution >= 0.6 is 0 Å². The Labute approximate surface area is 57.9 Å². The van der Waals surface area contributed by atoms with Crippen LogP contribution in [0.25, 0.3) is 0 Å². The number of H-pyrrole nitrogens is 1. The maximum atomic E-state index is 10.7. The third kappa shape index (κ3) is 1.35. The number of nitrogens with one attached hydrogen (secondary N) is 1. The number of nitrogen functional groups attached to an aromatic ring is 1. The minimum atomic E-state index is -0.208. The molecule has 0 aliphatic carbocycles. The van der Waals surface area contributed by atoms with Gasteiger partial charge < -0.3 is 16.5 Å². The molecule has 10 heavy (non-hydrogen) atoms. The average molecular weight is 139 g/mol. The minimum absolute atomic E-state index is 0.208. The van der Waals surface area contributed by atoms with E-state index >= 15 is 0 Å². The Morgan fingerprint density at radius 1 is 1.50 bits per heavy atom. The Balaban J connectivity index is 3.19. The van der Waals surface area contributed by atoms with E-state index < -0.39 is 0 Å². The van der Waals surface area contributed by atoms with E-state index in [0.717, 1.165) is 5.56 Å². The molecule has 54 valence electrons. The molecule has 4 nitrogen and oxygen atoms in total. The maximum absolute atomic E-state index is 10.7. The molecule has 0 fully saturated rings. The molecule has 0 amide bonds. The Morgan fingerprint density at radius 2 is 2.20 bits per heavy atom. The molecule has 0 saturated heterocycles. The van der Waals surface area contributed by atoms with Crippen LogP contribution in [-0.2, 0) is 6.54 Å². The summed E-state index contributed by atoms with van der Waals surface area (Å²) < 4.78 is 0. The first-order valence-electron chi connectivity index (χ1n) is 2.91. The molecule has 1 heterocycles. The van der Waals surface area contributed by atoms with Crippen molar-refractivity contribution in [1.82, 2.24) is 4.98 Å². The van der Waals surface area contributed by atoms with Crippen LogP contribution in [0.15, 0.2) is 16.9 Å². The standard InChI is InChI=1S/C6H9N3O/c7-3-4-1-5(8)9-6(10)2-4/h1-2H,3,7H2,(H3,8,9,10). The molecule has 0 saturated carbocycles. The van der Waals surface area contributed by atoms with Crippen molar-refractivity contribution in [3.63, 3.8) is 0 Å². The van der Waals surface area contributed by atoms with Crippen LogP contribution in [0.4, 0.5) is 5.82 Å². The molecular weight excluding hydrogens is 130 g/mol. The van der Waals surface area contributed by atoms with Crippen molar-refractivity contribution in [2.45, 2.75) is 6.54 Å². The molecular formula is C6H9N3O. The molecule has 0 spiro atoms. The van der Waals surface area contributed by atoms with Crippen molar-refractivity contribution >= 4 is 5.82 Å². The SMILES string of the molecule is NCc1cc(N)[nH]c(=O)c1. The average Bonchev–Trinajstić information content (AvgIpc) is 1.85. The van der Waals surface area contributed by atoms with Crippen LogP contribution in [0.3, 0.4) is 0 Å². The molecule has 5 N–H and O–H groups in total. The molecule has 0 unspecified atom stereocenters. The van der Waals surface area contributed by atoms with E-state index in [4.69, 9.17) is 11.5 Å². The zero-order valence-corrected chi connectivity index (χ0v) is 5.42. The lowest BCUT2D eigenvalue weighted by Gasteiger charge is -1.95. The number of aromatic amines is 1. The summed E-state index contributed by atoms with van der Waals surface area (Å²) in [5.41, 5.74) is 11.1. The number of hydrogen-bond donors (Lipinski definition) is 3. The van der Waals surface area contributed by atoms with Crippen LogP contribution in [0, 0.1) is 0 Å². The van der Waals surface area contributed by atoms with E-state index in [1.165, 1.54) is 6.07 Å². The van der Waals surface area contributed by atoms with Crippen LogP contribution < -0.4 is 17.0 Å². The van der Waals surface area contributed by atoms with Crippen molar-refractivity contribution in [2.75, 3.05) is 5.73 Å². The van der Waals surface area contributed by atoms with Crippen molar-refractivity contribution in [3.8, 4) is 0 Å². The number of rotatable bonds is 1. The summed E-state index contributed by atoms with van der Waals surface area (Å²) in [6.07, 6.45) is 0. The minimum Gasteiger partial charge on any atom is -0.385 e. The van der Waals surface area contributed by atoms with E-state index in [1.54, 1.807) is 6.07 Å². The van der Waals surface area contributed by atoms with Gasteiger partial charge in [-0.3, -0.25) is 4.79 Å². The molecule has 1 rings (SSSR count). The van der Waals surface area contributed by atoms with Gasteiger partial charge in [0.25, 0.3) is 0 Å². The molecule has 0 bridgehead atoms. The van der Waals surface area contributed by atoms with Gasteiger partial charge in [0.15, 0.2) is 0 Å². The van der Waals surface area contributed by atoms with Gasteiger partial charge in [-0.25, -0.2) is 0 Å². The Kier molecular flexibility index (Phi) is 1.73. The third-order valence-corrected chi connectivity index (χ3v) is 1.16. The summed E-state index contributed by atoms with van der Waals surface area (Å²) in [7, 11) is 0. The lowest BCUT2D eigenvalue weighted by Crippen LogP contribution is -2.10. The second kappa shape index (κ2) is 2.53. The zero-order chi connectivity index (χ0) is 7.56. The van der Waals surface area contributed by atoms with Crippen LogP contribution in [-0.4, -0.2) is 4.98 Å². The smallest absolute Gasteiger partial charge is 0.249 e. The maximum Gasteiger partial charge on any atom is 0.249 e. The molecule has 4 heteroatoms. The lowest BCUT2D eigenvalue weighted by atomic mass is 10.2. The zero-order valence-electron chi connectivity index (χ0n) is 5.42. The van der Waals surface area contributed by atoms with Gasteiger partial charge in [0.2, 0.25) is 5.56 Å². The monoisotopic (exact) mass is 139 g/mol. The van der Waals surface area contributed by atoms with E-state index in [2.05, 4.69) is 4.98 Å². The first kappa shape index (κ1) is 6.82. The third-order valence-electron chi connectivity index (χ3n) is 1.16. The second-order valence-corrected chi connectivity index (χ2v) is 2.01. The number of anilines is 1. The van der Waals surface area contributed by atoms with E-state index in [0.29, 0.717) is 12.4 Å². The quantitative estimate of drug-likeness (QED) is 0.486. The number of hydrogen-bond acceptors (Lipinski definition) is 3. The van der Waals surface area contributed by atoms with E-state index in [-0.39, 0.29) is 5.56 Å². The van der Waals surface area contributed by atoms with Crippen LogP contribution in [0.1, 0.15) is 5.56 Å². The fourth-order valence-electron chi connectivity index (χ4n) is 0.742. The fraction of sp³-hybridized carbons (Fsp3) is 0.167. The molecule has 0 aromatic carbocycles. The van der Waals surface area contributed by atoms with Gasteiger partial charge in [-0.05, 0) is 11.6 Å². The van der Waals surface area contributed by atoms with Gasteiger partial charge in [-0.15, -0.1) is 0 Å². The number of nitrogens with two attached hydrogens (primary N) is 2. The first-order chi connectivity index (χ1) is 4.72. The van der Waals surface area contributed by atoms with Gasteiger partial charge in [0.1, 0.15) is 5.82 Å². The predicted octanol–water partition coefficient (Wildman–Crippen LogP) is -0.584. The highest BCUT2D eigenvalue weighted by atomic mass is 16.1. The summed E-state index contributed by atoms with van der Waals surface area (Å²) in [5.74, 6) is 0.355. The number of pyridine rings is 1. The number of aromatic nitrogens is 1. The molecule has 0 radical (unpaired) electrons. The van der Waals surface area contributed by atoms with Crippen molar-refractivity contribution in [3.05, 3.63) is 28.0 Å². The summed E-state index contributed by atoms with van der Waals surface area (Å²) in [4.78, 5) is 13.1. The van der Waals surface area contributed by atoms with Gasteiger partial charge in [0, 0.05) is 12.6 Å². The van der Waals surface area contributed by atoms with Crippen molar-refractivity contribution < 1.29 is 0 Å². The summed E-state index contributed by atoms with van der Waals surface area (Å²) in [5, 5.41) is 0. The summed E-state index contributed by atoms with van der Waals surface area (Å²) >= 11 is 0. The van der Waals surface area contributed by atoms with Gasteiger partial charge >= 0.3 is 0 Å². The summed E-state index contributed by atoms with van der Waals surface area (Å²) in [6, 6.07) is 3.07. The highest BCUT2D eigenvalue weighted by molar-refractivity contribution is 5.31. The summed E-state index contributed by atoms with van der Waals surface area (Å²) in [6.45, 7) is 0.341. The van der Waals surface area contributed by atoms with Gasteiger partial charge in [0.05, 0.1) is 0 Å². The molecule has 0 atom stereocenters. The predicted molar refractivity (Wildman–Crippen MR) is 39.4 cm³/mol. The van der Waals surface area contributed by atoms with Gasteiger partial charge in [-0.1, -0.05) is 0 Å². The normalized spacial score (nSPS) is 9.70. The van der Waals surface area contributed by atoms with E-state index in [9.17, 15) is 4.79 Å². The Bertz CT molecular complexity index is 279. The first-order valence-corrected chi connectivity index (χ1v) is 2.91. The fourth-order valence-corrected chi connectivity index (χ4v) is 0.742. The largest absolute Gasteiger partial charge is 0.385 e. The lowest BCUT2D eigenvalue weighted by molar-refractivity contribution is 1.05. The molecule has 1 aromatic heterocycles. The Hall–Kier alpha value is -1.29. The molecule has 0 aliphatic rings. The highest BCUT2D eigenvalue weighted by Gasteiger charge is 1.91.